The van der Waals surface area contributed by atoms with Crippen molar-refractivity contribution in [2.75, 3.05) is 0 Å². The molecule has 5 heteroatoms. The summed E-state index contributed by atoms with van der Waals surface area (Å²) in [5, 5.41) is 9.27. The Morgan fingerprint density at radius 2 is 1.85 bits per heavy atom. The Hall–Kier alpha value is -1.20. The lowest BCUT2D eigenvalue weighted by atomic mass is 10.2. The van der Waals surface area contributed by atoms with Gasteiger partial charge in [0.1, 0.15) is 5.01 Å². The van der Waals surface area contributed by atoms with E-state index in [1.807, 2.05) is 0 Å². The summed E-state index contributed by atoms with van der Waals surface area (Å²) in [4.78, 5) is 5.90. The van der Waals surface area contributed by atoms with E-state index in [1.165, 1.54) is 16.1 Å². The van der Waals surface area contributed by atoms with Crippen LogP contribution in [0.25, 0.3) is 0 Å². The van der Waals surface area contributed by atoms with E-state index >= 15 is 0 Å². The molecule has 0 aliphatic carbocycles. The van der Waals surface area contributed by atoms with Gasteiger partial charge in [0.2, 0.25) is 0 Å². The average molecular weight is 292 g/mol. The van der Waals surface area contributed by atoms with E-state index in [4.69, 9.17) is 0 Å². The van der Waals surface area contributed by atoms with Crippen molar-refractivity contribution in [1.29, 1.82) is 0 Å². The Balaban J connectivity index is 2.18. The fourth-order valence-corrected chi connectivity index (χ4v) is 3.10. The van der Waals surface area contributed by atoms with Gasteiger partial charge in [-0.25, -0.2) is 4.98 Å². The molecule has 0 aliphatic rings. The van der Waals surface area contributed by atoms with E-state index in [9.17, 15) is 0 Å². The van der Waals surface area contributed by atoms with Crippen molar-refractivity contribution in [3.63, 3.8) is 0 Å². The zero-order valence-corrected chi connectivity index (χ0v) is 14.1. The third-order valence-electron chi connectivity index (χ3n) is 3.58. The van der Waals surface area contributed by atoms with Crippen LogP contribution in [0.1, 0.15) is 46.4 Å². The lowest BCUT2D eigenvalue weighted by Crippen LogP contribution is -2.22. The van der Waals surface area contributed by atoms with Gasteiger partial charge < -0.3 is 5.32 Å². The van der Waals surface area contributed by atoms with E-state index < -0.39 is 0 Å². The van der Waals surface area contributed by atoms with Gasteiger partial charge in [-0.3, -0.25) is 4.68 Å². The molecule has 0 aliphatic heterocycles. The van der Waals surface area contributed by atoms with Gasteiger partial charge in [0.15, 0.2) is 0 Å². The first-order valence-corrected chi connectivity index (χ1v) is 7.89. The number of rotatable bonds is 5. The normalized spacial score (nSPS) is 11.6. The quantitative estimate of drug-likeness (QED) is 0.920. The molecule has 0 amide bonds. The van der Waals surface area contributed by atoms with E-state index in [0.29, 0.717) is 6.04 Å². The van der Waals surface area contributed by atoms with Gasteiger partial charge in [-0.05, 0) is 27.7 Å². The molecule has 0 saturated heterocycles. The van der Waals surface area contributed by atoms with Crippen LogP contribution in [0.5, 0.6) is 0 Å². The number of thiazole rings is 1. The molecule has 0 saturated carbocycles. The molecule has 0 fully saturated rings. The van der Waals surface area contributed by atoms with Crippen molar-refractivity contribution in [2.45, 2.75) is 60.7 Å². The number of aromatic nitrogens is 3. The van der Waals surface area contributed by atoms with Crippen LogP contribution in [-0.2, 0) is 13.1 Å². The van der Waals surface area contributed by atoms with Gasteiger partial charge in [-0.1, -0.05) is 13.8 Å². The Morgan fingerprint density at radius 1 is 1.15 bits per heavy atom. The fourth-order valence-electron chi connectivity index (χ4n) is 2.18. The Labute approximate surface area is 125 Å². The van der Waals surface area contributed by atoms with Gasteiger partial charge >= 0.3 is 0 Å². The number of hydrogen-bond acceptors (Lipinski definition) is 4. The Bertz CT molecular complexity index is 576. The topological polar surface area (TPSA) is 42.7 Å². The SMILES string of the molecule is Cc1nc(Cn2nc(C)c(CNC(C)C)c2C)sc1C. The van der Waals surface area contributed by atoms with Gasteiger partial charge in [-0.15, -0.1) is 11.3 Å². The molecule has 0 spiro atoms. The highest BCUT2D eigenvalue weighted by molar-refractivity contribution is 7.11. The predicted molar refractivity (Wildman–Crippen MR) is 84.4 cm³/mol. The highest BCUT2D eigenvalue weighted by atomic mass is 32.1. The van der Waals surface area contributed by atoms with E-state index in [0.717, 1.165) is 29.5 Å². The average Bonchev–Trinajstić information content (AvgIpc) is 2.79. The van der Waals surface area contributed by atoms with Crippen molar-refractivity contribution >= 4 is 11.3 Å². The van der Waals surface area contributed by atoms with Gasteiger partial charge in [-0.2, -0.15) is 5.10 Å². The van der Waals surface area contributed by atoms with Crippen LogP contribution in [0.4, 0.5) is 0 Å². The van der Waals surface area contributed by atoms with Crippen LogP contribution in [-0.4, -0.2) is 20.8 Å². The van der Waals surface area contributed by atoms with Gasteiger partial charge in [0.05, 0.1) is 17.9 Å². The molecule has 0 radical (unpaired) electrons. The minimum atomic E-state index is 0.487. The first kappa shape index (κ1) is 15.2. The minimum Gasteiger partial charge on any atom is -0.310 e. The second-order valence-electron chi connectivity index (χ2n) is 5.59. The van der Waals surface area contributed by atoms with Crippen LogP contribution in [0.2, 0.25) is 0 Å². The van der Waals surface area contributed by atoms with Crippen molar-refractivity contribution in [2.24, 2.45) is 0 Å². The molecular weight excluding hydrogens is 268 g/mol. The molecule has 2 aromatic heterocycles. The van der Waals surface area contributed by atoms with Gasteiger partial charge in [0, 0.05) is 28.7 Å². The first-order chi connectivity index (χ1) is 9.38. The molecule has 0 unspecified atom stereocenters. The third kappa shape index (κ3) is 3.27. The third-order valence-corrected chi connectivity index (χ3v) is 4.63. The van der Waals surface area contributed by atoms with Crippen LogP contribution >= 0.6 is 11.3 Å². The molecule has 4 nitrogen and oxygen atoms in total. The summed E-state index contributed by atoms with van der Waals surface area (Å²) in [6.45, 7) is 14.4. The summed E-state index contributed by atoms with van der Waals surface area (Å²) in [7, 11) is 0. The summed E-state index contributed by atoms with van der Waals surface area (Å²) in [6.07, 6.45) is 0. The smallest absolute Gasteiger partial charge is 0.115 e. The summed E-state index contributed by atoms with van der Waals surface area (Å²) in [5.41, 5.74) is 4.79. The Kier molecular flexibility index (Phi) is 4.60. The van der Waals surface area contributed by atoms with Crippen LogP contribution in [0.15, 0.2) is 0 Å². The molecule has 110 valence electrons. The van der Waals surface area contributed by atoms with Crippen LogP contribution in [0, 0.1) is 27.7 Å². The van der Waals surface area contributed by atoms with Crippen molar-refractivity contribution < 1.29 is 0 Å². The van der Waals surface area contributed by atoms with Crippen molar-refractivity contribution in [1.82, 2.24) is 20.1 Å². The molecule has 2 heterocycles. The van der Waals surface area contributed by atoms with Crippen molar-refractivity contribution in [3.05, 3.63) is 32.5 Å². The van der Waals surface area contributed by atoms with Gasteiger partial charge in [0.25, 0.3) is 0 Å². The summed E-state index contributed by atoms with van der Waals surface area (Å²) < 4.78 is 2.07. The summed E-state index contributed by atoms with van der Waals surface area (Å²) in [6, 6.07) is 0.487. The molecule has 0 bridgehead atoms. The molecule has 2 aromatic rings. The lowest BCUT2D eigenvalue weighted by molar-refractivity contribution is 0.584. The Morgan fingerprint density at radius 3 is 2.40 bits per heavy atom. The second kappa shape index (κ2) is 6.06. The zero-order valence-electron chi connectivity index (χ0n) is 13.2. The first-order valence-electron chi connectivity index (χ1n) is 7.07. The zero-order chi connectivity index (χ0) is 14.9. The monoisotopic (exact) mass is 292 g/mol. The maximum Gasteiger partial charge on any atom is 0.115 e. The number of aryl methyl sites for hydroxylation is 3. The lowest BCUT2D eigenvalue weighted by Gasteiger charge is -2.08. The van der Waals surface area contributed by atoms with Crippen LogP contribution in [0.3, 0.4) is 0 Å². The number of nitrogens with zero attached hydrogens (tertiary/aromatic N) is 3. The molecule has 0 atom stereocenters. The van der Waals surface area contributed by atoms with E-state index in [2.05, 4.69) is 61.6 Å². The fraction of sp³-hybridized carbons (Fsp3) is 0.600. The number of nitrogens with one attached hydrogen (secondary N) is 1. The molecule has 20 heavy (non-hydrogen) atoms. The minimum absolute atomic E-state index is 0.487. The summed E-state index contributed by atoms with van der Waals surface area (Å²) in [5.74, 6) is 0. The molecule has 1 N–H and O–H groups in total. The highest BCUT2D eigenvalue weighted by Crippen LogP contribution is 2.20. The molecule has 2 rings (SSSR count). The number of hydrogen-bond donors (Lipinski definition) is 1. The standard InChI is InChI=1S/C15H24N4S/c1-9(2)16-7-14-11(4)18-19(12(14)5)8-15-17-10(3)13(6)20-15/h9,16H,7-8H2,1-6H3. The highest BCUT2D eigenvalue weighted by Gasteiger charge is 2.13. The predicted octanol–water partition coefficient (Wildman–Crippen LogP) is 3.12. The summed E-state index contributed by atoms with van der Waals surface area (Å²) >= 11 is 1.76. The molecule has 0 aromatic carbocycles. The second-order valence-corrected chi connectivity index (χ2v) is 6.88. The maximum absolute atomic E-state index is 4.67. The van der Waals surface area contributed by atoms with E-state index in [-0.39, 0.29) is 0 Å². The van der Waals surface area contributed by atoms with Crippen molar-refractivity contribution in [3.8, 4) is 0 Å². The van der Waals surface area contributed by atoms with E-state index in [1.54, 1.807) is 11.3 Å². The largest absolute Gasteiger partial charge is 0.310 e. The van der Waals surface area contributed by atoms with Crippen LogP contribution < -0.4 is 5.32 Å². The molecular formula is C15H24N4S. The maximum atomic E-state index is 4.67.